The summed E-state index contributed by atoms with van der Waals surface area (Å²) in [6.07, 6.45) is 4.60. The summed E-state index contributed by atoms with van der Waals surface area (Å²) in [5.41, 5.74) is 0.790. The molecule has 0 aliphatic carbocycles. The van der Waals surface area contributed by atoms with E-state index in [2.05, 4.69) is 0 Å². The molecule has 4 nitrogen and oxygen atoms in total. The van der Waals surface area contributed by atoms with Gasteiger partial charge in [-0.2, -0.15) is 0 Å². The van der Waals surface area contributed by atoms with Crippen molar-refractivity contribution in [1.29, 1.82) is 0 Å². The highest BCUT2D eigenvalue weighted by Crippen LogP contribution is 2.28. The third kappa shape index (κ3) is 3.24. The highest BCUT2D eigenvalue weighted by molar-refractivity contribution is 5.74. The molecule has 20 heavy (non-hydrogen) atoms. The van der Waals surface area contributed by atoms with Gasteiger partial charge in [0.05, 0.1) is 6.04 Å². The van der Waals surface area contributed by atoms with Crippen molar-refractivity contribution in [3.63, 3.8) is 0 Å². The van der Waals surface area contributed by atoms with Gasteiger partial charge in [-0.05, 0) is 25.8 Å². The lowest BCUT2D eigenvalue weighted by Gasteiger charge is -2.31. The molecule has 0 aromatic heterocycles. The molecule has 1 N–H and O–H groups in total. The fourth-order valence-corrected chi connectivity index (χ4v) is 2.70. The van der Waals surface area contributed by atoms with Crippen LogP contribution in [0.25, 0.3) is 0 Å². The molecular formula is C16H24N2O2. The van der Waals surface area contributed by atoms with Crippen LogP contribution in [0.1, 0.15) is 44.2 Å². The van der Waals surface area contributed by atoms with E-state index < -0.39 is 0 Å². The smallest absolute Gasteiger partial charge is 0.320 e. The molecule has 1 aliphatic heterocycles. The number of hydrogen-bond donors (Lipinski definition) is 1. The second-order valence-electron chi connectivity index (χ2n) is 5.53. The van der Waals surface area contributed by atoms with Gasteiger partial charge >= 0.3 is 6.03 Å². The first kappa shape index (κ1) is 14.7. The second kappa shape index (κ2) is 6.64. The van der Waals surface area contributed by atoms with Crippen LogP contribution >= 0.6 is 0 Å². The third-order valence-corrected chi connectivity index (χ3v) is 4.15. The molecule has 0 saturated carbocycles. The largest absolute Gasteiger partial charge is 0.508 e. The van der Waals surface area contributed by atoms with Crippen LogP contribution in [0.5, 0.6) is 5.75 Å². The van der Waals surface area contributed by atoms with Gasteiger partial charge in [0.1, 0.15) is 5.75 Å². The van der Waals surface area contributed by atoms with Gasteiger partial charge in [-0.15, -0.1) is 0 Å². The van der Waals surface area contributed by atoms with Gasteiger partial charge in [0, 0.05) is 25.7 Å². The van der Waals surface area contributed by atoms with Crippen LogP contribution in [0.4, 0.5) is 4.79 Å². The molecule has 1 aliphatic rings. The summed E-state index contributed by atoms with van der Waals surface area (Å²) in [6, 6.07) is 7.13. The Kier molecular flexibility index (Phi) is 4.88. The monoisotopic (exact) mass is 276 g/mol. The fourth-order valence-electron chi connectivity index (χ4n) is 2.70. The van der Waals surface area contributed by atoms with E-state index in [0.29, 0.717) is 0 Å². The SMILES string of the molecule is CC(c1ccccc1O)N(C)C(=O)N1CCCCCC1. The number of carbonyl (C=O) groups is 1. The van der Waals surface area contributed by atoms with Crippen molar-refractivity contribution >= 4 is 6.03 Å². The predicted octanol–water partition coefficient (Wildman–Crippen LogP) is 3.38. The minimum Gasteiger partial charge on any atom is -0.508 e. The molecule has 2 rings (SSSR count). The van der Waals surface area contributed by atoms with Crippen LogP contribution in [0, 0.1) is 0 Å². The fraction of sp³-hybridized carbons (Fsp3) is 0.562. The first-order valence-corrected chi connectivity index (χ1v) is 7.41. The van der Waals surface area contributed by atoms with Crippen molar-refractivity contribution < 1.29 is 9.90 Å². The Balaban J connectivity index is 2.07. The Hall–Kier alpha value is -1.71. The molecule has 1 saturated heterocycles. The number of amides is 2. The van der Waals surface area contributed by atoms with Crippen molar-refractivity contribution in [1.82, 2.24) is 9.80 Å². The summed E-state index contributed by atoms with van der Waals surface area (Å²) in [7, 11) is 1.81. The molecular weight excluding hydrogens is 252 g/mol. The van der Waals surface area contributed by atoms with Crippen molar-refractivity contribution in [3.05, 3.63) is 29.8 Å². The number of nitrogens with zero attached hydrogens (tertiary/aromatic N) is 2. The minimum atomic E-state index is -0.132. The van der Waals surface area contributed by atoms with Crippen LogP contribution in [0.3, 0.4) is 0 Å². The number of para-hydroxylation sites is 1. The standard InChI is InChI=1S/C16H24N2O2/c1-13(14-9-5-6-10-15(14)19)17(2)16(20)18-11-7-3-4-8-12-18/h5-6,9-10,13,19H,3-4,7-8,11-12H2,1-2H3. The lowest BCUT2D eigenvalue weighted by Crippen LogP contribution is -2.42. The van der Waals surface area contributed by atoms with Crippen molar-refractivity contribution in [2.45, 2.75) is 38.6 Å². The number of urea groups is 1. The number of phenolic OH excluding ortho intramolecular Hbond substituents is 1. The Bertz CT molecular complexity index is 454. The van der Waals surface area contributed by atoms with E-state index >= 15 is 0 Å². The summed E-state index contributed by atoms with van der Waals surface area (Å²) in [5.74, 6) is 0.246. The maximum Gasteiger partial charge on any atom is 0.320 e. The lowest BCUT2D eigenvalue weighted by molar-refractivity contribution is 0.150. The van der Waals surface area contributed by atoms with Gasteiger partial charge in [-0.1, -0.05) is 31.0 Å². The molecule has 0 spiro atoms. The highest BCUT2D eigenvalue weighted by atomic mass is 16.3. The average Bonchev–Trinajstić information content (AvgIpc) is 2.74. The number of aromatic hydroxyl groups is 1. The summed E-state index contributed by atoms with van der Waals surface area (Å²) in [5, 5.41) is 9.92. The summed E-state index contributed by atoms with van der Waals surface area (Å²) < 4.78 is 0. The number of carbonyl (C=O) groups excluding carboxylic acids is 1. The Morgan fingerprint density at radius 2 is 1.80 bits per heavy atom. The number of rotatable bonds is 2. The molecule has 110 valence electrons. The minimum absolute atomic E-state index is 0.0580. The van der Waals surface area contributed by atoms with E-state index in [4.69, 9.17) is 0 Å². The van der Waals surface area contributed by atoms with Gasteiger partial charge in [-0.25, -0.2) is 4.79 Å². The summed E-state index contributed by atoms with van der Waals surface area (Å²) >= 11 is 0. The van der Waals surface area contributed by atoms with E-state index in [1.807, 2.05) is 31.0 Å². The van der Waals surface area contributed by atoms with E-state index in [1.165, 1.54) is 12.8 Å². The Labute approximate surface area is 121 Å². The highest BCUT2D eigenvalue weighted by Gasteiger charge is 2.24. The van der Waals surface area contributed by atoms with Crippen LogP contribution in [-0.4, -0.2) is 41.1 Å². The number of likely N-dealkylation sites (tertiary alicyclic amines) is 1. The molecule has 1 aromatic carbocycles. The quantitative estimate of drug-likeness (QED) is 0.900. The van der Waals surface area contributed by atoms with Crippen molar-refractivity contribution in [3.8, 4) is 5.75 Å². The van der Waals surface area contributed by atoms with Gasteiger partial charge < -0.3 is 14.9 Å². The van der Waals surface area contributed by atoms with Gasteiger partial charge in [0.15, 0.2) is 0 Å². The van der Waals surface area contributed by atoms with Gasteiger partial charge in [0.25, 0.3) is 0 Å². The first-order valence-electron chi connectivity index (χ1n) is 7.41. The molecule has 1 heterocycles. The predicted molar refractivity (Wildman–Crippen MR) is 79.7 cm³/mol. The van der Waals surface area contributed by atoms with Crippen molar-refractivity contribution in [2.75, 3.05) is 20.1 Å². The number of phenols is 1. The topological polar surface area (TPSA) is 43.8 Å². The molecule has 0 radical (unpaired) electrons. The molecule has 1 atom stereocenters. The zero-order valence-corrected chi connectivity index (χ0v) is 12.4. The maximum absolute atomic E-state index is 12.5. The van der Waals surface area contributed by atoms with Crippen LogP contribution in [0.2, 0.25) is 0 Å². The molecule has 1 fully saturated rings. The van der Waals surface area contributed by atoms with E-state index in [-0.39, 0.29) is 17.8 Å². The zero-order valence-electron chi connectivity index (χ0n) is 12.4. The normalized spacial score (nSPS) is 17.4. The Morgan fingerprint density at radius 1 is 1.20 bits per heavy atom. The zero-order chi connectivity index (χ0) is 14.5. The van der Waals surface area contributed by atoms with E-state index in [0.717, 1.165) is 31.5 Å². The molecule has 0 bridgehead atoms. The van der Waals surface area contributed by atoms with E-state index in [9.17, 15) is 9.90 Å². The second-order valence-corrected chi connectivity index (χ2v) is 5.53. The number of hydrogen-bond acceptors (Lipinski definition) is 2. The lowest BCUT2D eigenvalue weighted by atomic mass is 10.1. The molecule has 1 unspecified atom stereocenters. The van der Waals surface area contributed by atoms with E-state index in [1.54, 1.807) is 17.0 Å². The average molecular weight is 276 g/mol. The van der Waals surface area contributed by atoms with Gasteiger partial charge in [0.2, 0.25) is 0 Å². The molecule has 4 heteroatoms. The molecule has 1 aromatic rings. The summed E-state index contributed by atoms with van der Waals surface area (Å²) in [4.78, 5) is 16.2. The van der Waals surface area contributed by atoms with Crippen molar-refractivity contribution in [2.24, 2.45) is 0 Å². The summed E-state index contributed by atoms with van der Waals surface area (Å²) in [6.45, 7) is 3.64. The first-order chi connectivity index (χ1) is 9.61. The maximum atomic E-state index is 12.5. The molecule has 2 amide bonds. The van der Waals surface area contributed by atoms with Crippen LogP contribution in [0.15, 0.2) is 24.3 Å². The van der Waals surface area contributed by atoms with Gasteiger partial charge in [-0.3, -0.25) is 0 Å². The van der Waals surface area contributed by atoms with Crippen LogP contribution in [-0.2, 0) is 0 Å². The number of benzene rings is 1. The van der Waals surface area contributed by atoms with Crippen LogP contribution < -0.4 is 0 Å². The third-order valence-electron chi connectivity index (χ3n) is 4.15. The Morgan fingerprint density at radius 3 is 2.40 bits per heavy atom.